The zero-order valence-electron chi connectivity index (χ0n) is 6.06. The van der Waals surface area contributed by atoms with Crippen molar-refractivity contribution in [2.75, 3.05) is 0 Å². The highest BCUT2D eigenvalue weighted by Crippen LogP contribution is 2.09. The van der Waals surface area contributed by atoms with E-state index < -0.39 is 5.92 Å². The minimum atomic E-state index is -0.677. The summed E-state index contributed by atoms with van der Waals surface area (Å²) in [5.41, 5.74) is 0.644. The molecule has 0 aliphatic rings. The van der Waals surface area contributed by atoms with Crippen LogP contribution in [0, 0.1) is 11.3 Å². The lowest BCUT2D eigenvalue weighted by molar-refractivity contribution is -0.108. The molecule has 0 saturated carbocycles. The van der Waals surface area contributed by atoms with Crippen LogP contribution in [-0.4, -0.2) is 16.1 Å². The zero-order chi connectivity index (χ0) is 8.27. The van der Waals surface area contributed by atoms with Gasteiger partial charge < -0.3 is 4.79 Å². The van der Waals surface area contributed by atoms with E-state index in [0.29, 0.717) is 11.8 Å². The third kappa shape index (κ3) is 1.44. The van der Waals surface area contributed by atoms with Gasteiger partial charge >= 0.3 is 0 Å². The molecule has 1 aromatic rings. The Hall–Kier alpha value is -1.63. The molecule has 56 valence electrons. The SMILES string of the molecule is Cn1cc([C@H](C#N)C=O)cn1. The number of nitriles is 1. The minimum Gasteiger partial charge on any atom is -0.302 e. The van der Waals surface area contributed by atoms with Crippen molar-refractivity contribution >= 4 is 6.29 Å². The largest absolute Gasteiger partial charge is 0.302 e. The molecular weight excluding hydrogens is 142 g/mol. The van der Waals surface area contributed by atoms with Crippen molar-refractivity contribution in [3.63, 3.8) is 0 Å². The Kier molecular flexibility index (Phi) is 2.02. The molecule has 1 rings (SSSR count). The highest BCUT2D eigenvalue weighted by Gasteiger charge is 2.09. The predicted octanol–water partition coefficient (Wildman–Crippen LogP) is 0.226. The van der Waals surface area contributed by atoms with E-state index in [1.54, 1.807) is 17.9 Å². The Morgan fingerprint density at radius 2 is 2.64 bits per heavy atom. The van der Waals surface area contributed by atoms with Crippen molar-refractivity contribution in [3.8, 4) is 6.07 Å². The molecular formula is C7H7N3O. The first-order valence-corrected chi connectivity index (χ1v) is 3.11. The van der Waals surface area contributed by atoms with Gasteiger partial charge in [-0.3, -0.25) is 4.68 Å². The van der Waals surface area contributed by atoms with Crippen LogP contribution in [0.3, 0.4) is 0 Å². The zero-order valence-corrected chi connectivity index (χ0v) is 6.06. The summed E-state index contributed by atoms with van der Waals surface area (Å²) in [6, 6.07) is 1.86. The number of aromatic nitrogens is 2. The Morgan fingerprint density at radius 1 is 1.91 bits per heavy atom. The van der Waals surface area contributed by atoms with Gasteiger partial charge in [-0.05, 0) is 0 Å². The van der Waals surface area contributed by atoms with Gasteiger partial charge in [0, 0.05) is 18.8 Å². The van der Waals surface area contributed by atoms with Gasteiger partial charge in [0.25, 0.3) is 0 Å². The second kappa shape index (κ2) is 2.97. The number of nitrogens with zero attached hydrogens (tertiary/aromatic N) is 3. The van der Waals surface area contributed by atoms with Gasteiger partial charge in [-0.15, -0.1) is 0 Å². The number of hydrogen-bond donors (Lipinski definition) is 0. The summed E-state index contributed by atoms with van der Waals surface area (Å²) >= 11 is 0. The normalized spacial score (nSPS) is 12.0. The fraction of sp³-hybridized carbons (Fsp3) is 0.286. The van der Waals surface area contributed by atoms with Crippen molar-refractivity contribution in [2.45, 2.75) is 5.92 Å². The van der Waals surface area contributed by atoms with Crippen molar-refractivity contribution in [1.82, 2.24) is 9.78 Å². The summed E-state index contributed by atoms with van der Waals surface area (Å²) in [6.07, 6.45) is 3.78. The van der Waals surface area contributed by atoms with Crippen LogP contribution in [0.25, 0.3) is 0 Å². The molecule has 1 aromatic heterocycles. The van der Waals surface area contributed by atoms with Crippen molar-refractivity contribution in [2.24, 2.45) is 7.05 Å². The van der Waals surface area contributed by atoms with Gasteiger partial charge in [-0.25, -0.2) is 0 Å². The lowest BCUT2D eigenvalue weighted by Gasteiger charge is -1.91. The Balaban J connectivity index is 2.92. The predicted molar refractivity (Wildman–Crippen MR) is 37.6 cm³/mol. The molecule has 0 aliphatic heterocycles. The van der Waals surface area contributed by atoms with Crippen LogP contribution in [0.1, 0.15) is 11.5 Å². The first-order chi connectivity index (χ1) is 5.27. The highest BCUT2D eigenvalue weighted by atomic mass is 16.1. The third-order valence-electron chi connectivity index (χ3n) is 1.36. The van der Waals surface area contributed by atoms with E-state index >= 15 is 0 Å². The van der Waals surface area contributed by atoms with Gasteiger partial charge in [0.05, 0.1) is 12.3 Å². The molecule has 11 heavy (non-hydrogen) atoms. The van der Waals surface area contributed by atoms with E-state index in [-0.39, 0.29) is 0 Å². The van der Waals surface area contributed by atoms with Crippen LogP contribution in [0.2, 0.25) is 0 Å². The number of hydrogen-bond acceptors (Lipinski definition) is 3. The molecule has 0 bridgehead atoms. The van der Waals surface area contributed by atoms with Crippen LogP contribution in [0.5, 0.6) is 0 Å². The Labute approximate surface area is 64.1 Å². The third-order valence-corrected chi connectivity index (χ3v) is 1.36. The van der Waals surface area contributed by atoms with Crippen LogP contribution in [0.15, 0.2) is 12.4 Å². The van der Waals surface area contributed by atoms with E-state index in [4.69, 9.17) is 5.26 Å². The van der Waals surface area contributed by atoms with E-state index in [1.807, 2.05) is 6.07 Å². The number of aldehydes is 1. The Morgan fingerprint density at radius 3 is 3.00 bits per heavy atom. The van der Waals surface area contributed by atoms with Gasteiger partial charge in [-0.2, -0.15) is 10.4 Å². The van der Waals surface area contributed by atoms with Crippen LogP contribution >= 0.6 is 0 Å². The number of aryl methyl sites for hydroxylation is 1. The molecule has 0 saturated heterocycles. The minimum absolute atomic E-state index is 0.608. The molecule has 1 atom stereocenters. The topological polar surface area (TPSA) is 58.7 Å². The highest BCUT2D eigenvalue weighted by molar-refractivity contribution is 5.65. The summed E-state index contributed by atoms with van der Waals surface area (Å²) in [5, 5.41) is 12.3. The smallest absolute Gasteiger partial charge is 0.141 e. The molecule has 4 heteroatoms. The summed E-state index contributed by atoms with van der Waals surface area (Å²) in [4.78, 5) is 10.3. The van der Waals surface area contributed by atoms with Gasteiger partial charge in [-0.1, -0.05) is 0 Å². The first kappa shape index (κ1) is 7.48. The first-order valence-electron chi connectivity index (χ1n) is 3.11. The summed E-state index contributed by atoms with van der Waals surface area (Å²) in [7, 11) is 1.74. The molecule has 0 amide bonds. The Bertz CT molecular complexity index is 297. The van der Waals surface area contributed by atoms with Gasteiger partial charge in [0.1, 0.15) is 12.2 Å². The molecule has 1 heterocycles. The maximum atomic E-state index is 10.3. The fourth-order valence-corrected chi connectivity index (χ4v) is 0.784. The summed E-state index contributed by atoms with van der Waals surface area (Å²) in [6.45, 7) is 0. The average molecular weight is 149 g/mol. The molecule has 0 N–H and O–H groups in total. The van der Waals surface area contributed by atoms with E-state index in [1.165, 1.54) is 6.20 Å². The lowest BCUT2D eigenvalue weighted by Crippen LogP contribution is -1.94. The average Bonchev–Trinajstić information content (AvgIpc) is 2.39. The number of rotatable bonds is 2. The summed E-state index contributed by atoms with van der Waals surface area (Å²) < 4.78 is 1.56. The van der Waals surface area contributed by atoms with Crippen LogP contribution in [-0.2, 0) is 11.8 Å². The van der Waals surface area contributed by atoms with Crippen LogP contribution < -0.4 is 0 Å². The second-order valence-corrected chi connectivity index (χ2v) is 2.19. The monoisotopic (exact) mass is 149 g/mol. The van der Waals surface area contributed by atoms with Crippen molar-refractivity contribution in [1.29, 1.82) is 5.26 Å². The van der Waals surface area contributed by atoms with E-state index in [0.717, 1.165) is 0 Å². The quantitative estimate of drug-likeness (QED) is 0.565. The summed E-state index contributed by atoms with van der Waals surface area (Å²) in [5.74, 6) is -0.677. The molecule has 4 nitrogen and oxygen atoms in total. The van der Waals surface area contributed by atoms with Crippen molar-refractivity contribution < 1.29 is 4.79 Å². The molecule has 0 radical (unpaired) electrons. The standard InChI is InChI=1S/C7H7N3O/c1-10-4-7(3-9-10)6(2-8)5-11/h3-6H,1H3/t6-/m1/s1. The maximum absolute atomic E-state index is 10.3. The van der Waals surface area contributed by atoms with E-state index in [2.05, 4.69) is 5.10 Å². The maximum Gasteiger partial charge on any atom is 0.141 e. The second-order valence-electron chi connectivity index (χ2n) is 2.19. The molecule has 0 fully saturated rings. The van der Waals surface area contributed by atoms with Gasteiger partial charge in [0.15, 0.2) is 0 Å². The number of carbonyl (C=O) groups excluding carboxylic acids is 1. The molecule has 0 unspecified atom stereocenters. The molecule has 0 spiro atoms. The molecule has 0 aliphatic carbocycles. The van der Waals surface area contributed by atoms with Crippen molar-refractivity contribution in [3.05, 3.63) is 18.0 Å². The lowest BCUT2D eigenvalue weighted by atomic mass is 10.1. The fourth-order valence-electron chi connectivity index (χ4n) is 0.784. The number of carbonyl (C=O) groups is 1. The van der Waals surface area contributed by atoms with Crippen LogP contribution in [0.4, 0.5) is 0 Å². The van der Waals surface area contributed by atoms with E-state index in [9.17, 15) is 4.79 Å². The molecule has 0 aromatic carbocycles. The van der Waals surface area contributed by atoms with Gasteiger partial charge in [0.2, 0.25) is 0 Å².